The highest BCUT2D eigenvalue weighted by atomic mass is 79.9. The number of rotatable bonds is 11. The fourth-order valence-corrected chi connectivity index (χ4v) is 3.36. The van der Waals surface area contributed by atoms with Crippen LogP contribution in [0, 0.1) is 5.41 Å². The molecule has 0 spiro atoms. The highest BCUT2D eigenvalue weighted by Gasteiger charge is 2.28. The molecule has 0 amide bonds. The second kappa shape index (κ2) is 10.1. The molecule has 2 nitrogen and oxygen atoms in total. The second-order valence-corrected chi connectivity index (χ2v) is 6.28. The SMILES string of the molecule is CCCOc1ccccc1OCC(CBr)(CCC)CCC. The van der Waals surface area contributed by atoms with Gasteiger partial charge in [-0.15, -0.1) is 0 Å². The Bertz CT molecular complexity index is 387. The molecule has 1 aromatic carbocycles. The van der Waals surface area contributed by atoms with Crippen LogP contribution in [0.1, 0.15) is 52.9 Å². The maximum atomic E-state index is 6.14. The Labute approximate surface area is 138 Å². The largest absolute Gasteiger partial charge is 0.490 e. The van der Waals surface area contributed by atoms with Crippen LogP contribution in [0.4, 0.5) is 0 Å². The molecule has 1 rings (SSSR count). The first-order valence-corrected chi connectivity index (χ1v) is 9.24. The van der Waals surface area contributed by atoms with Gasteiger partial charge in [-0.3, -0.25) is 0 Å². The lowest BCUT2D eigenvalue weighted by Crippen LogP contribution is -2.30. The zero-order valence-corrected chi connectivity index (χ0v) is 15.2. The summed E-state index contributed by atoms with van der Waals surface area (Å²) >= 11 is 3.70. The molecule has 0 bridgehead atoms. The lowest BCUT2D eigenvalue weighted by Gasteiger charge is -2.31. The number of ether oxygens (including phenoxy) is 2. The van der Waals surface area contributed by atoms with Gasteiger partial charge in [-0.1, -0.05) is 61.7 Å². The van der Waals surface area contributed by atoms with E-state index in [4.69, 9.17) is 9.47 Å². The van der Waals surface area contributed by atoms with Gasteiger partial charge in [0.05, 0.1) is 13.2 Å². The number of hydrogen-bond acceptors (Lipinski definition) is 2. The Hall–Kier alpha value is -0.700. The molecule has 0 saturated heterocycles. The molecule has 0 saturated carbocycles. The van der Waals surface area contributed by atoms with Crippen molar-refractivity contribution in [2.75, 3.05) is 18.5 Å². The van der Waals surface area contributed by atoms with E-state index in [9.17, 15) is 0 Å². The van der Waals surface area contributed by atoms with Crippen LogP contribution in [0.5, 0.6) is 11.5 Å². The van der Waals surface area contributed by atoms with E-state index in [0.29, 0.717) is 0 Å². The molecule has 0 unspecified atom stereocenters. The summed E-state index contributed by atoms with van der Waals surface area (Å²) < 4.78 is 11.9. The van der Waals surface area contributed by atoms with E-state index in [2.05, 4.69) is 36.7 Å². The van der Waals surface area contributed by atoms with E-state index < -0.39 is 0 Å². The standard InChI is InChI=1S/C18H29BrO2/c1-4-11-18(14-19,12-5-2)15-21-17-10-8-7-9-16(17)20-13-6-3/h7-10H,4-6,11-15H2,1-3H3. The molecule has 0 N–H and O–H groups in total. The molecule has 21 heavy (non-hydrogen) atoms. The molecule has 120 valence electrons. The lowest BCUT2D eigenvalue weighted by molar-refractivity contribution is 0.139. The second-order valence-electron chi connectivity index (χ2n) is 5.72. The van der Waals surface area contributed by atoms with Crippen LogP contribution in [0.25, 0.3) is 0 Å². The third kappa shape index (κ3) is 5.90. The van der Waals surface area contributed by atoms with E-state index in [1.165, 1.54) is 25.7 Å². The molecule has 0 aliphatic rings. The summed E-state index contributed by atoms with van der Waals surface area (Å²) in [4.78, 5) is 0. The topological polar surface area (TPSA) is 18.5 Å². The number of benzene rings is 1. The molecular weight excluding hydrogens is 328 g/mol. The summed E-state index contributed by atoms with van der Waals surface area (Å²) in [5.41, 5.74) is 0.224. The maximum Gasteiger partial charge on any atom is 0.161 e. The summed E-state index contributed by atoms with van der Waals surface area (Å²) in [5, 5.41) is 0.986. The molecule has 3 heteroatoms. The predicted octanol–water partition coefficient (Wildman–Crippen LogP) is 5.84. The summed E-state index contributed by atoms with van der Waals surface area (Å²) in [6, 6.07) is 7.99. The normalized spacial score (nSPS) is 11.4. The molecule has 1 aromatic rings. The highest BCUT2D eigenvalue weighted by molar-refractivity contribution is 9.09. The fourth-order valence-electron chi connectivity index (χ4n) is 2.63. The zero-order chi connectivity index (χ0) is 15.6. The van der Waals surface area contributed by atoms with Crippen molar-refractivity contribution in [2.24, 2.45) is 5.41 Å². The maximum absolute atomic E-state index is 6.14. The van der Waals surface area contributed by atoms with Crippen molar-refractivity contribution in [3.05, 3.63) is 24.3 Å². The number of halogens is 1. The number of hydrogen-bond donors (Lipinski definition) is 0. The third-order valence-corrected chi connectivity index (χ3v) is 4.88. The van der Waals surface area contributed by atoms with E-state index in [0.717, 1.165) is 36.5 Å². The van der Waals surface area contributed by atoms with Gasteiger partial charge in [-0.05, 0) is 31.4 Å². The van der Waals surface area contributed by atoms with Crippen LogP contribution < -0.4 is 9.47 Å². The van der Waals surface area contributed by atoms with Crippen LogP contribution in [-0.4, -0.2) is 18.5 Å². The minimum absolute atomic E-state index is 0.224. The van der Waals surface area contributed by atoms with E-state index in [1.807, 2.05) is 24.3 Å². The first-order valence-electron chi connectivity index (χ1n) is 8.12. The van der Waals surface area contributed by atoms with Gasteiger partial charge < -0.3 is 9.47 Å². The van der Waals surface area contributed by atoms with Gasteiger partial charge in [0, 0.05) is 10.7 Å². The van der Waals surface area contributed by atoms with E-state index >= 15 is 0 Å². The Balaban J connectivity index is 2.74. The Morgan fingerprint density at radius 3 is 1.95 bits per heavy atom. The van der Waals surface area contributed by atoms with E-state index in [1.54, 1.807) is 0 Å². The van der Waals surface area contributed by atoms with Crippen molar-refractivity contribution < 1.29 is 9.47 Å². The molecule has 0 aromatic heterocycles. The van der Waals surface area contributed by atoms with Gasteiger partial charge in [0.2, 0.25) is 0 Å². The quantitative estimate of drug-likeness (QED) is 0.464. The average Bonchev–Trinajstić information content (AvgIpc) is 2.52. The van der Waals surface area contributed by atoms with Crippen LogP contribution in [-0.2, 0) is 0 Å². The predicted molar refractivity (Wildman–Crippen MR) is 93.8 cm³/mol. The number of alkyl halides is 1. The van der Waals surface area contributed by atoms with Crippen molar-refractivity contribution in [2.45, 2.75) is 52.9 Å². The molecule has 0 radical (unpaired) electrons. The van der Waals surface area contributed by atoms with Gasteiger partial charge in [0.25, 0.3) is 0 Å². The van der Waals surface area contributed by atoms with Crippen molar-refractivity contribution in [3.63, 3.8) is 0 Å². The van der Waals surface area contributed by atoms with Crippen molar-refractivity contribution >= 4 is 15.9 Å². The summed E-state index contributed by atoms with van der Waals surface area (Å²) in [6.45, 7) is 8.07. The van der Waals surface area contributed by atoms with Gasteiger partial charge in [0.15, 0.2) is 11.5 Å². The molecular formula is C18H29BrO2. The summed E-state index contributed by atoms with van der Waals surface area (Å²) in [5.74, 6) is 1.72. The Morgan fingerprint density at radius 2 is 1.48 bits per heavy atom. The van der Waals surface area contributed by atoms with Crippen LogP contribution in [0.15, 0.2) is 24.3 Å². The van der Waals surface area contributed by atoms with Crippen molar-refractivity contribution in [1.29, 1.82) is 0 Å². The van der Waals surface area contributed by atoms with Crippen molar-refractivity contribution in [3.8, 4) is 11.5 Å². The molecule has 0 aliphatic heterocycles. The lowest BCUT2D eigenvalue weighted by atomic mass is 9.82. The first kappa shape index (κ1) is 18.3. The molecule has 0 fully saturated rings. The van der Waals surface area contributed by atoms with Crippen LogP contribution in [0.2, 0.25) is 0 Å². The molecule has 0 heterocycles. The average molecular weight is 357 g/mol. The smallest absolute Gasteiger partial charge is 0.161 e. The van der Waals surface area contributed by atoms with Crippen LogP contribution >= 0.6 is 15.9 Å². The number of para-hydroxylation sites is 2. The van der Waals surface area contributed by atoms with Crippen molar-refractivity contribution in [1.82, 2.24) is 0 Å². The van der Waals surface area contributed by atoms with Gasteiger partial charge >= 0.3 is 0 Å². The minimum atomic E-state index is 0.224. The Kier molecular flexibility index (Phi) is 8.82. The molecule has 0 atom stereocenters. The summed E-state index contributed by atoms with van der Waals surface area (Å²) in [7, 11) is 0. The minimum Gasteiger partial charge on any atom is -0.490 e. The monoisotopic (exact) mass is 356 g/mol. The summed E-state index contributed by atoms with van der Waals surface area (Å²) in [6.07, 6.45) is 5.74. The fraction of sp³-hybridized carbons (Fsp3) is 0.667. The Morgan fingerprint density at radius 1 is 0.905 bits per heavy atom. The first-order chi connectivity index (χ1) is 10.2. The highest BCUT2D eigenvalue weighted by Crippen LogP contribution is 2.35. The van der Waals surface area contributed by atoms with Crippen LogP contribution in [0.3, 0.4) is 0 Å². The van der Waals surface area contributed by atoms with E-state index in [-0.39, 0.29) is 5.41 Å². The zero-order valence-electron chi connectivity index (χ0n) is 13.7. The van der Waals surface area contributed by atoms with Gasteiger partial charge in [-0.2, -0.15) is 0 Å². The third-order valence-electron chi connectivity index (χ3n) is 3.69. The van der Waals surface area contributed by atoms with Gasteiger partial charge in [-0.25, -0.2) is 0 Å². The molecule has 0 aliphatic carbocycles. The van der Waals surface area contributed by atoms with Gasteiger partial charge in [0.1, 0.15) is 0 Å².